The van der Waals surface area contributed by atoms with Crippen molar-refractivity contribution in [2.45, 2.75) is 37.8 Å². The first kappa shape index (κ1) is 23.7. The number of rotatable bonds is 8. The third-order valence-electron chi connectivity index (χ3n) is 6.54. The topological polar surface area (TPSA) is 114 Å². The summed E-state index contributed by atoms with van der Waals surface area (Å²) < 4.78 is 10.5. The van der Waals surface area contributed by atoms with Crippen LogP contribution in [0.1, 0.15) is 44.8 Å². The van der Waals surface area contributed by atoms with Gasteiger partial charge in [-0.15, -0.1) is 0 Å². The molecule has 5 rings (SSSR count). The van der Waals surface area contributed by atoms with Crippen molar-refractivity contribution in [1.29, 1.82) is 0 Å². The fourth-order valence-corrected chi connectivity index (χ4v) is 4.69. The lowest BCUT2D eigenvalue weighted by Gasteiger charge is -2.17. The molecule has 1 aliphatic heterocycles. The number of carbonyl (C=O) groups is 2. The van der Waals surface area contributed by atoms with E-state index in [1.165, 1.54) is 24.6 Å². The minimum absolute atomic E-state index is 0.117. The summed E-state index contributed by atoms with van der Waals surface area (Å²) >= 11 is 0. The predicted molar refractivity (Wildman–Crippen MR) is 136 cm³/mol. The van der Waals surface area contributed by atoms with Gasteiger partial charge in [0, 0.05) is 25.3 Å². The van der Waals surface area contributed by atoms with Crippen LogP contribution in [0.2, 0.25) is 0 Å². The lowest BCUT2D eigenvalue weighted by Crippen LogP contribution is -2.22. The second-order valence-corrected chi connectivity index (χ2v) is 9.03. The Bertz CT molecular complexity index is 1230. The molecule has 1 fully saturated rings. The maximum Gasteiger partial charge on any atom is 0.337 e. The Morgan fingerprint density at radius 2 is 1.86 bits per heavy atom. The number of aromatic nitrogens is 2. The van der Waals surface area contributed by atoms with Gasteiger partial charge in [0.2, 0.25) is 0 Å². The number of benzene rings is 2. The van der Waals surface area contributed by atoms with Gasteiger partial charge in [0.1, 0.15) is 17.8 Å². The largest absolute Gasteiger partial charge is 0.465 e. The maximum atomic E-state index is 13.1. The molecule has 9 heteroatoms. The quantitative estimate of drug-likeness (QED) is 0.412. The summed E-state index contributed by atoms with van der Waals surface area (Å²) in [5.74, 6) is -0.299. The molecule has 0 radical (unpaired) electrons. The van der Waals surface area contributed by atoms with E-state index < -0.39 is 11.9 Å². The third-order valence-corrected chi connectivity index (χ3v) is 6.54. The second kappa shape index (κ2) is 10.7. The highest BCUT2D eigenvalue weighted by Crippen LogP contribution is 2.27. The number of hydrogen-bond donors (Lipinski definition) is 3. The molecule has 3 N–H and O–H groups in total. The summed E-state index contributed by atoms with van der Waals surface area (Å²) in [5.41, 5.74) is 4.35. The van der Waals surface area contributed by atoms with Crippen LogP contribution in [0.15, 0.2) is 54.9 Å². The van der Waals surface area contributed by atoms with Gasteiger partial charge in [0.05, 0.1) is 30.2 Å². The Balaban J connectivity index is 1.30. The molecule has 186 valence electrons. The molecule has 0 saturated carbocycles. The van der Waals surface area contributed by atoms with Gasteiger partial charge in [0.15, 0.2) is 0 Å². The summed E-state index contributed by atoms with van der Waals surface area (Å²) in [5, 5.41) is 9.64. The average molecular weight is 488 g/mol. The number of amides is 1. The summed E-state index contributed by atoms with van der Waals surface area (Å²) in [6.45, 7) is 1.36. The van der Waals surface area contributed by atoms with Crippen molar-refractivity contribution < 1.29 is 19.1 Å². The number of fused-ring (bicyclic) bond motifs is 1. The molecule has 9 nitrogen and oxygen atoms in total. The van der Waals surface area contributed by atoms with Crippen LogP contribution >= 0.6 is 0 Å². The fourth-order valence-electron chi connectivity index (χ4n) is 4.69. The van der Waals surface area contributed by atoms with Crippen molar-refractivity contribution in [3.8, 4) is 0 Å². The van der Waals surface area contributed by atoms with Crippen molar-refractivity contribution in [2.75, 3.05) is 36.2 Å². The Hall–Kier alpha value is -3.98. The van der Waals surface area contributed by atoms with Crippen LogP contribution in [0.25, 0.3) is 0 Å². The van der Waals surface area contributed by atoms with E-state index in [9.17, 15) is 9.59 Å². The molecular formula is C27H29N5O4. The molecule has 1 aromatic heterocycles. The highest BCUT2D eigenvalue weighted by molar-refractivity contribution is 6.06. The zero-order valence-electron chi connectivity index (χ0n) is 20.1. The molecule has 2 heterocycles. The van der Waals surface area contributed by atoms with Crippen LogP contribution in [-0.2, 0) is 22.3 Å². The number of ether oxygens (including phenoxy) is 2. The first-order valence-corrected chi connectivity index (χ1v) is 12.1. The van der Waals surface area contributed by atoms with Gasteiger partial charge >= 0.3 is 5.97 Å². The van der Waals surface area contributed by atoms with Gasteiger partial charge in [-0.2, -0.15) is 0 Å². The van der Waals surface area contributed by atoms with Crippen molar-refractivity contribution in [1.82, 2.24) is 9.97 Å². The van der Waals surface area contributed by atoms with Crippen LogP contribution < -0.4 is 16.0 Å². The normalized spacial score (nSPS) is 16.9. The zero-order valence-corrected chi connectivity index (χ0v) is 20.1. The van der Waals surface area contributed by atoms with Crippen LogP contribution in [0.3, 0.4) is 0 Å². The molecule has 1 atom stereocenters. The SMILES string of the molecule is COC(=O)c1ccc(NCC2CCCO2)c(NC(=O)c2cc(NC3Cc4ccccc4C3)ncn2)c1. The number of methoxy groups -OCH3 is 1. The molecule has 0 bridgehead atoms. The zero-order chi connectivity index (χ0) is 24.9. The average Bonchev–Trinajstić information content (AvgIpc) is 3.57. The Morgan fingerprint density at radius 3 is 2.58 bits per heavy atom. The van der Waals surface area contributed by atoms with E-state index in [0.717, 1.165) is 32.3 Å². The van der Waals surface area contributed by atoms with Crippen LogP contribution in [0, 0.1) is 0 Å². The van der Waals surface area contributed by atoms with Crippen molar-refractivity contribution in [3.63, 3.8) is 0 Å². The molecule has 1 saturated heterocycles. The first-order chi connectivity index (χ1) is 17.6. The van der Waals surface area contributed by atoms with Gasteiger partial charge in [0.25, 0.3) is 5.91 Å². The fraction of sp³-hybridized carbons (Fsp3) is 0.333. The van der Waals surface area contributed by atoms with Crippen molar-refractivity contribution in [3.05, 3.63) is 77.2 Å². The molecule has 1 unspecified atom stereocenters. The number of esters is 1. The number of anilines is 3. The van der Waals surface area contributed by atoms with Crippen LogP contribution in [0.4, 0.5) is 17.2 Å². The van der Waals surface area contributed by atoms with Gasteiger partial charge in [-0.05, 0) is 55.0 Å². The molecular weight excluding hydrogens is 458 g/mol. The molecule has 1 aliphatic carbocycles. The number of nitrogens with zero attached hydrogens (tertiary/aromatic N) is 2. The van der Waals surface area contributed by atoms with Gasteiger partial charge in [-0.3, -0.25) is 4.79 Å². The standard InChI is InChI=1S/C27H29N5O4/c1-35-27(34)19-8-9-22(28-15-21-7-4-10-36-21)23(13-19)32-26(33)24-14-25(30-16-29-24)31-20-11-17-5-2-3-6-18(17)12-20/h2-3,5-6,8-9,13-14,16,20-21,28H,4,7,10-12,15H2,1H3,(H,32,33)(H,29,30,31). The van der Waals surface area contributed by atoms with E-state index in [1.807, 2.05) is 12.1 Å². The first-order valence-electron chi connectivity index (χ1n) is 12.1. The lowest BCUT2D eigenvalue weighted by molar-refractivity contribution is 0.0600. The van der Waals surface area contributed by atoms with Gasteiger partial charge < -0.3 is 25.4 Å². The lowest BCUT2D eigenvalue weighted by atomic mass is 10.1. The Kier molecular flexibility index (Phi) is 7.08. The highest BCUT2D eigenvalue weighted by Gasteiger charge is 2.22. The number of carbonyl (C=O) groups excluding carboxylic acids is 2. The van der Waals surface area contributed by atoms with E-state index >= 15 is 0 Å². The molecule has 0 spiro atoms. The summed E-state index contributed by atoms with van der Waals surface area (Å²) in [4.78, 5) is 33.7. The monoisotopic (exact) mass is 487 g/mol. The minimum Gasteiger partial charge on any atom is -0.465 e. The molecule has 36 heavy (non-hydrogen) atoms. The van der Waals surface area contributed by atoms with E-state index in [0.29, 0.717) is 29.3 Å². The maximum absolute atomic E-state index is 13.1. The second-order valence-electron chi connectivity index (χ2n) is 9.03. The highest BCUT2D eigenvalue weighted by atomic mass is 16.5. The molecule has 1 amide bonds. The smallest absolute Gasteiger partial charge is 0.337 e. The third kappa shape index (κ3) is 5.46. The summed E-state index contributed by atoms with van der Waals surface area (Å²) in [6.07, 6.45) is 5.32. The minimum atomic E-state index is -0.484. The van der Waals surface area contributed by atoms with E-state index in [1.54, 1.807) is 24.3 Å². The predicted octanol–water partition coefficient (Wildman–Crippen LogP) is 3.69. The molecule has 2 aliphatic rings. The van der Waals surface area contributed by atoms with Crippen molar-refractivity contribution >= 4 is 29.1 Å². The Labute approximate surface area is 209 Å². The van der Waals surface area contributed by atoms with Crippen molar-refractivity contribution in [2.24, 2.45) is 0 Å². The van der Waals surface area contributed by atoms with E-state index in [2.05, 4.69) is 38.1 Å². The van der Waals surface area contributed by atoms with E-state index in [-0.39, 0.29) is 17.8 Å². The summed E-state index contributed by atoms with van der Waals surface area (Å²) in [6, 6.07) is 15.2. The van der Waals surface area contributed by atoms with E-state index in [4.69, 9.17) is 9.47 Å². The van der Waals surface area contributed by atoms with Gasteiger partial charge in [-0.25, -0.2) is 14.8 Å². The van der Waals surface area contributed by atoms with Crippen LogP contribution in [-0.4, -0.2) is 54.3 Å². The van der Waals surface area contributed by atoms with Crippen LogP contribution in [0.5, 0.6) is 0 Å². The number of nitrogens with one attached hydrogen (secondary N) is 3. The molecule has 2 aromatic carbocycles. The van der Waals surface area contributed by atoms with Gasteiger partial charge in [-0.1, -0.05) is 24.3 Å². The molecule has 3 aromatic rings. The number of hydrogen-bond acceptors (Lipinski definition) is 8. The Morgan fingerprint density at radius 1 is 1.06 bits per heavy atom. The summed E-state index contributed by atoms with van der Waals surface area (Å²) in [7, 11) is 1.32.